The van der Waals surface area contributed by atoms with E-state index in [0.717, 1.165) is 5.57 Å². The third kappa shape index (κ3) is 3.74. The molecule has 1 aromatic carbocycles. The predicted octanol–water partition coefficient (Wildman–Crippen LogP) is 3.23. The number of halogens is 1. The smallest absolute Gasteiger partial charge is 0.233 e. The second-order valence-corrected chi connectivity index (χ2v) is 10.2. The number of ether oxygens (including phenoxy) is 1. The Balaban J connectivity index is 1.67. The van der Waals surface area contributed by atoms with Crippen LogP contribution in [0, 0.1) is 17.8 Å². The number of likely N-dealkylation sites (tertiary alicyclic amines) is 1. The highest BCUT2D eigenvalue weighted by molar-refractivity contribution is 9.12. The van der Waals surface area contributed by atoms with Crippen LogP contribution in [-0.2, 0) is 19.2 Å². The van der Waals surface area contributed by atoms with Gasteiger partial charge in [0.05, 0.1) is 22.9 Å². The molecule has 1 saturated heterocycles. The van der Waals surface area contributed by atoms with E-state index in [1.807, 2.05) is 31.2 Å². The molecule has 7 nitrogen and oxygen atoms in total. The largest absolute Gasteiger partial charge is 0.491 e. The van der Waals surface area contributed by atoms with Crippen molar-refractivity contribution < 1.29 is 29.0 Å². The molecule has 182 valence electrons. The standard InChI is InChI=1S/C27H26BrNO6/c1-2-9-29-26(33)16-8-7-14-17(23(16)27(29)34)12-18-24(20(31)13-19(28)25(18)32)22(14)15-5-3-4-6-21(15)35-11-10-30/h3-7,13,16-17,22-23,30H,2,8-12H2,1H3. The minimum Gasteiger partial charge on any atom is -0.491 e. The summed E-state index contributed by atoms with van der Waals surface area (Å²) in [6.45, 7) is 2.23. The second kappa shape index (κ2) is 9.32. The molecule has 0 bridgehead atoms. The number of hydrogen-bond acceptors (Lipinski definition) is 6. The monoisotopic (exact) mass is 539 g/mol. The number of aliphatic hydroxyl groups is 1. The summed E-state index contributed by atoms with van der Waals surface area (Å²) in [5, 5.41) is 9.30. The molecule has 8 heteroatoms. The van der Waals surface area contributed by atoms with E-state index in [1.54, 1.807) is 6.07 Å². The van der Waals surface area contributed by atoms with Crippen molar-refractivity contribution >= 4 is 39.3 Å². The molecule has 3 aliphatic carbocycles. The van der Waals surface area contributed by atoms with Gasteiger partial charge >= 0.3 is 0 Å². The molecule has 1 aliphatic heterocycles. The molecule has 1 N–H and O–H groups in total. The van der Waals surface area contributed by atoms with Gasteiger partial charge < -0.3 is 9.84 Å². The molecular formula is C27H26BrNO6. The van der Waals surface area contributed by atoms with Gasteiger partial charge in [-0.2, -0.15) is 0 Å². The molecular weight excluding hydrogens is 514 g/mol. The van der Waals surface area contributed by atoms with Gasteiger partial charge in [0.2, 0.25) is 11.8 Å². The van der Waals surface area contributed by atoms with Crippen molar-refractivity contribution in [2.45, 2.75) is 32.1 Å². The first-order valence-electron chi connectivity index (χ1n) is 12.0. The SMILES string of the molecule is CCCN1C(=O)C2CC=C3C(c4ccccc4OCCO)C4=C(CC3C2C1=O)C(=O)C(Br)=CC4=O. The number of hydrogen-bond donors (Lipinski definition) is 1. The van der Waals surface area contributed by atoms with Crippen molar-refractivity contribution in [2.75, 3.05) is 19.8 Å². The van der Waals surface area contributed by atoms with E-state index in [-0.39, 0.29) is 53.4 Å². The van der Waals surface area contributed by atoms with E-state index in [2.05, 4.69) is 15.9 Å². The van der Waals surface area contributed by atoms with Gasteiger partial charge in [-0.05, 0) is 47.2 Å². The van der Waals surface area contributed by atoms with Crippen LogP contribution >= 0.6 is 15.9 Å². The first kappa shape index (κ1) is 23.9. The van der Waals surface area contributed by atoms with Crippen molar-refractivity contribution in [3.05, 3.63) is 63.2 Å². The average Bonchev–Trinajstić information content (AvgIpc) is 3.10. The average molecular weight is 540 g/mol. The zero-order valence-electron chi connectivity index (χ0n) is 19.3. The van der Waals surface area contributed by atoms with E-state index >= 15 is 0 Å². The Morgan fingerprint density at radius 1 is 1.11 bits per heavy atom. The lowest BCUT2D eigenvalue weighted by molar-refractivity contribution is -0.140. The molecule has 1 aromatic rings. The topological polar surface area (TPSA) is 101 Å². The number of ketones is 2. The van der Waals surface area contributed by atoms with Gasteiger partial charge in [-0.3, -0.25) is 24.1 Å². The summed E-state index contributed by atoms with van der Waals surface area (Å²) in [6.07, 6.45) is 4.65. The van der Waals surface area contributed by atoms with Gasteiger partial charge in [-0.25, -0.2) is 0 Å². The van der Waals surface area contributed by atoms with E-state index in [1.165, 1.54) is 11.0 Å². The van der Waals surface area contributed by atoms with Crippen LogP contribution in [0.25, 0.3) is 0 Å². The summed E-state index contributed by atoms with van der Waals surface area (Å²) in [5.41, 5.74) is 2.39. The number of fused-ring (bicyclic) bond motifs is 3. The van der Waals surface area contributed by atoms with Gasteiger partial charge in [-0.1, -0.05) is 36.8 Å². The number of allylic oxidation sites excluding steroid dienone is 6. The summed E-state index contributed by atoms with van der Waals surface area (Å²) in [4.78, 5) is 54.4. The van der Waals surface area contributed by atoms with Crippen molar-refractivity contribution in [3.63, 3.8) is 0 Å². The van der Waals surface area contributed by atoms with Crippen LogP contribution in [0.3, 0.4) is 0 Å². The predicted molar refractivity (Wildman–Crippen MR) is 131 cm³/mol. The summed E-state index contributed by atoms with van der Waals surface area (Å²) < 4.78 is 6.01. The summed E-state index contributed by atoms with van der Waals surface area (Å²) in [5.74, 6) is -2.27. The number of aliphatic hydroxyl groups excluding tert-OH is 1. The molecule has 5 rings (SSSR count). The number of amides is 2. The maximum Gasteiger partial charge on any atom is 0.233 e. The summed E-state index contributed by atoms with van der Waals surface area (Å²) >= 11 is 3.24. The number of Topliss-reactive ketones (excluding diaryl/α,β-unsaturated/α-hetero) is 1. The molecule has 4 unspecified atom stereocenters. The molecule has 4 atom stereocenters. The summed E-state index contributed by atoms with van der Waals surface area (Å²) in [7, 11) is 0. The fourth-order valence-corrected chi connectivity index (χ4v) is 6.52. The number of carbonyl (C=O) groups is 4. The van der Waals surface area contributed by atoms with E-state index in [0.29, 0.717) is 41.8 Å². The highest BCUT2D eigenvalue weighted by Crippen LogP contribution is 2.56. The molecule has 2 amide bonds. The molecule has 0 saturated carbocycles. The third-order valence-corrected chi connectivity index (χ3v) is 8.04. The quantitative estimate of drug-likeness (QED) is 0.338. The first-order valence-corrected chi connectivity index (χ1v) is 12.7. The Morgan fingerprint density at radius 3 is 2.63 bits per heavy atom. The number of benzene rings is 1. The van der Waals surface area contributed by atoms with Crippen molar-refractivity contribution in [1.29, 1.82) is 0 Å². The van der Waals surface area contributed by atoms with Gasteiger partial charge in [0.15, 0.2) is 11.6 Å². The van der Waals surface area contributed by atoms with Crippen LogP contribution in [0.4, 0.5) is 0 Å². The molecule has 0 spiro atoms. The number of carbonyl (C=O) groups excluding carboxylic acids is 4. The molecule has 1 fully saturated rings. The van der Waals surface area contributed by atoms with Crippen LogP contribution in [0.5, 0.6) is 5.75 Å². The fraction of sp³-hybridized carbons (Fsp3) is 0.407. The lowest BCUT2D eigenvalue weighted by Crippen LogP contribution is -2.39. The number of nitrogens with zero attached hydrogens (tertiary/aromatic N) is 1. The van der Waals surface area contributed by atoms with E-state index < -0.39 is 17.8 Å². The molecule has 0 aromatic heterocycles. The Morgan fingerprint density at radius 2 is 1.89 bits per heavy atom. The first-order chi connectivity index (χ1) is 16.9. The second-order valence-electron chi connectivity index (χ2n) is 9.33. The minimum absolute atomic E-state index is 0.0834. The zero-order chi connectivity index (χ0) is 24.9. The van der Waals surface area contributed by atoms with Crippen molar-refractivity contribution in [1.82, 2.24) is 4.90 Å². The molecule has 35 heavy (non-hydrogen) atoms. The Bertz CT molecular complexity index is 1230. The van der Waals surface area contributed by atoms with Crippen molar-refractivity contribution in [2.24, 2.45) is 17.8 Å². The normalized spacial score (nSPS) is 27.9. The lowest BCUT2D eigenvalue weighted by atomic mass is 9.59. The third-order valence-electron chi connectivity index (χ3n) is 7.45. The summed E-state index contributed by atoms with van der Waals surface area (Å²) in [6, 6.07) is 7.27. The van der Waals surface area contributed by atoms with Crippen LogP contribution < -0.4 is 4.74 Å². The van der Waals surface area contributed by atoms with Gasteiger partial charge in [-0.15, -0.1) is 0 Å². The van der Waals surface area contributed by atoms with E-state index in [9.17, 15) is 24.3 Å². The van der Waals surface area contributed by atoms with Gasteiger partial charge in [0.1, 0.15) is 12.4 Å². The Hall–Kier alpha value is -2.84. The highest BCUT2D eigenvalue weighted by atomic mass is 79.9. The van der Waals surface area contributed by atoms with Gasteiger partial charge in [0, 0.05) is 35.2 Å². The molecule has 4 aliphatic rings. The number of rotatable bonds is 6. The number of para-hydroxylation sites is 1. The van der Waals surface area contributed by atoms with Crippen LogP contribution in [-0.4, -0.2) is 53.1 Å². The lowest BCUT2D eigenvalue weighted by Gasteiger charge is -2.42. The Kier molecular flexibility index (Phi) is 6.36. The van der Waals surface area contributed by atoms with Crippen molar-refractivity contribution in [3.8, 4) is 5.75 Å². The zero-order valence-corrected chi connectivity index (χ0v) is 20.9. The maximum absolute atomic E-state index is 13.5. The van der Waals surface area contributed by atoms with Crippen LogP contribution in [0.15, 0.2) is 57.6 Å². The fourth-order valence-electron chi connectivity index (χ4n) is 6.08. The number of imide groups is 1. The highest BCUT2D eigenvalue weighted by Gasteiger charge is 2.56. The van der Waals surface area contributed by atoms with Gasteiger partial charge in [0.25, 0.3) is 0 Å². The van der Waals surface area contributed by atoms with E-state index in [4.69, 9.17) is 4.74 Å². The minimum atomic E-state index is -0.573. The maximum atomic E-state index is 13.5. The van der Waals surface area contributed by atoms with Crippen LogP contribution in [0.2, 0.25) is 0 Å². The van der Waals surface area contributed by atoms with Crippen LogP contribution in [0.1, 0.15) is 37.7 Å². The molecule has 0 radical (unpaired) electrons. The molecule has 1 heterocycles. The Labute approximate surface area is 211 Å².